The molecule has 4 heterocycles. The number of hydrogen-bond donors (Lipinski definition) is 1. The molecule has 0 radical (unpaired) electrons. The summed E-state index contributed by atoms with van der Waals surface area (Å²) in [5.41, 5.74) is 3.65. The molecule has 0 unspecified atom stereocenters. The van der Waals surface area contributed by atoms with Crippen LogP contribution in [0.5, 0.6) is 0 Å². The van der Waals surface area contributed by atoms with Gasteiger partial charge in [0.1, 0.15) is 11.8 Å². The van der Waals surface area contributed by atoms with Crippen LogP contribution in [-0.2, 0) is 6.54 Å². The van der Waals surface area contributed by atoms with E-state index in [1.165, 1.54) is 0 Å². The van der Waals surface area contributed by atoms with E-state index in [1.54, 1.807) is 12.7 Å². The van der Waals surface area contributed by atoms with E-state index in [-0.39, 0.29) is 11.6 Å². The SMILES string of the molecule is CCN(Cc1cc2cccc(C)c2c(=O)n1C1CCN(C(C)C)CC1)c1ncnc2[nH]cnc12. The van der Waals surface area contributed by atoms with E-state index < -0.39 is 0 Å². The minimum absolute atomic E-state index is 0.122. The lowest BCUT2D eigenvalue weighted by atomic mass is 10.00. The molecule has 1 aromatic carbocycles. The van der Waals surface area contributed by atoms with Gasteiger partial charge in [-0.3, -0.25) is 4.79 Å². The number of nitrogens with zero attached hydrogens (tertiary/aromatic N) is 6. The van der Waals surface area contributed by atoms with Gasteiger partial charge in [0.2, 0.25) is 0 Å². The summed E-state index contributed by atoms with van der Waals surface area (Å²) in [6.45, 7) is 12.0. The number of imidazole rings is 1. The monoisotopic (exact) mass is 459 g/mol. The van der Waals surface area contributed by atoms with Crippen molar-refractivity contribution < 1.29 is 0 Å². The molecule has 3 aromatic heterocycles. The van der Waals surface area contributed by atoms with Crippen molar-refractivity contribution in [2.24, 2.45) is 0 Å². The average molecular weight is 460 g/mol. The van der Waals surface area contributed by atoms with Crippen molar-refractivity contribution in [3.8, 4) is 0 Å². The lowest BCUT2D eigenvalue weighted by Gasteiger charge is -2.36. The molecular weight excluding hydrogens is 426 g/mol. The van der Waals surface area contributed by atoms with E-state index in [1.807, 2.05) is 25.1 Å². The molecule has 0 atom stereocenters. The Morgan fingerprint density at radius 2 is 1.97 bits per heavy atom. The van der Waals surface area contributed by atoms with Crippen molar-refractivity contribution in [2.45, 2.75) is 59.2 Å². The summed E-state index contributed by atoms with van der Waals surface area (Å²) in [6.07, 6.45) is 5.17. The number of rotatable bonds is 6. The maximum atomic E-state index is 14.0. The first-order chi connectivity index (χ1) is 16.5. The Kier molecular flexibility index (Phi) is 6.08. The van der Waals surface area contributed by atoms with Crippen LogP contribution in [0.4, 0.5) is 5.82 Å². The third-order valence-corrected chi connectivity index (χ3v) is 7.20. The minimum atomic E-state index is 0.122. The molecule has 178 valence electrons. The predicted molar refractivity (Wildman–Crippen MR) is 136 cm³/mol. The van der Waals surface area contributed by atoms with Gasteiger partial charge < -0.3 is 19.4 Å². The van der Waals surface area contributed by atoms with Crippen molar-refractivity contribution in [1.29, 1.82) is 0 Å². The smallest absolute Gasteiger partial charge is 0.259 e. The molecule has 1 aliphatic heterocycles. The van der Waals surface area contributed by atoms with E-state index >= 15 is 0 Å². The Hall–Kier alpha value is -3.26. The molecule has 0 aliphatic carbocycles. The maximum absolute atomic E-state index is 14.0. The topological polar surface area (TPSA) is 82.9 Å². The van der Waals surface area contributed by atoms with Crippen LogP contribution in [0.25, 0.3) is 21.9 Å². The van der Waals surface area contributed by atoms with Gasteiger partial charge in [-0.05, 0) is 57.6 Å². The standard InChI is InChI=1S/C26H33N7O/c1-5-31(25-23-24(28-15-27-23)29-16-30-25)14-21-13-19-8-6-7-18(4)22(19)26(34)33(21)20-9-11-32(12-10-20)17(2)3/h6-8,13,15-17,20H,5,9-12,14H2,1-4H3,(H,27,28,29,30). The Morgan fingerprint density at radius 1 is 1.18 bits per heavy atom. The third kappa shape index (κ3) is 3.96. The molecule has 1 fully saturated rings. The Balaban J connectivity index is 1.60. The molecule has 34 heavy (non-hydrogen) atoms. The first-order valence-corrected chi connectivity index (χ1v) is 12.2. The fourth-order valence-corrected chi connectivity index (χ4v) is 5.30. The molecule has 5 rings (SSSR count). The highest BCUT2D eigenvalue weighted by molar-refractivity contribution is 5.85. The molecule has 1 aliphatic rings. The van der Waals surface area contributed by atoms with Crippen LogP contribution in [0.1, 0.15) is 50.9 Å². The number of aromatic amines is 1. The van der Waals surface area contributed by atoms with Crippen LogP contribution >= 0.6 is 0 Å². The molecule has 8 nitrogen and oxygen atoms in total. The zero-order chi connectivity index (χ0) is 23.8. The number of anilines is 1. The van der Waals surface area contributed by atoms with Crippen LogP contribution in [-0.4, -0.2) is 55.1 Å². The van der Waals surface area contributed by atoms with Crippen LogP contribution in [0.15, 0.2) is 41.7 Å². The number of fused-ring (bicyclic) bond motifs is 2. The average Bonchev–Trinajstić information content (AvgIpc) is 3.32. The third-order valence-electron chi connectivity index (χ3n) is 7.20. The highest BCUT2D eigenvalue weighted by atomic mass is 16.1. The Bertz CT molecular complexity index is 1360. The summed E-state index contributed by atoms with van der Waals surface area (Å²) >= 11 is 0. The molecule has 0 amide bonds. The summed E-state index contributed by atoms with van der Waals surface area (Å²) < 4.78 is 2.08. The molecule has 0 spiro atoms. The molecule has 8 heteroatoms. The van der Waals surface area contributed by atoms with Crippen molar-refractivity contribution in [1.82, 2.24) is 29.4 Å². The zero-order valence-corrected chi connectivity index (χ0v) is 20.5. The predicted octanol–water partition coefficient (Wildman–Crippen LogP) is 4.05. The van der Waals surface area contributed by atoms with Gasteiger partial charge in [0, 0.05) is 37.4 Å². The highest BCUT2D eigenvalue weighted by Crippen LogP contribution is 2.28. The van der Waals surface area contributed by atoms with E-state index in [0.717, 1.165) is 71.5 Å². The van der Waals surface area contributed by atoms with Crippen LogP contribution < -0.4 is 10.5 Å². The number of aryl methyl sites for hydroxylation is 1. The second-order valence-electron chi connectivity index (χ2n) is 9.52. The lowest BCUT2D eigenvalue weighted by molar-refractivity contribution is 0.149. The van der Waals surface area contributed by atoms with Gasteiger partial charge in [0.25, 0.3) is 5.56 Å². The van der Waals surface area contributed by atoms with Gasteiger partial charge in [0.15, 0.2) is 11.5 Å². The summed E-state index contributed by atoms with van der Waals surface area (Å²) in [7, 11) is 0. The van der Waals surface area contributed by atoms with Crippen LogP contribution in [0.2, 0.25) is 0 Å². The summed E-state index contributed by atoms with van der Waals surface area (Å²) in [4.78, 5) is 35.0. The second kappa shape index (κ2) is 9.18. The van der Waals surface area contributed by atoms with Gasteiger partial charge in [0.05, 0.1) is 18.3 Å². The van der Waals surface area contributed by atoms with Crippen molar-refractivity contribution in [3.05, 3.63) is 58.5 Å². The van der Waals surface area contributed by atoms with E-state index in [0.29, 0.717) is 12.6 Å². The largest absolute Gasteiger partial charge is 0.349 e. The number of hydrogen-bond acceptors (Lipinski definition) is 6. The molecular formula is C26H33N7O. The molecule has 1 N–H and O–H groups in total. The van der Waals surface area contributed by atoms with Gasteiger partial charge in [-0.15, -0.1) is 0 Å². The van der Waals surface area contributed by atoms with Crippen molar-refractivity contribution in [3.63, 3.8) is 0 Å². The Morgan fingerprint density at radius 3 is 2.71 bits per heavy atom. The van der Waals surface area contributed by atoms with E-state index in [4.69, 9.17) is 0 Å². The number of nitrogens with one attached hydrogen (secondary N) is 1. The summed E-state index contributed by atoms with van der Waals surface area (Å²) in [5.74, 6) is 0.784. The maximum Gasteiger partial charge on any atom is 0.259 e. The second-order valence-corrected chi connectivity index (χ2v) is 9.52. The summed E-state index contributed by atoms with van der Waals surface area (Å²) in [5, 5.41) is 1.83. The number of H-pyrrole nitrogens is 1. The fourth-order valence-electron chi connectivity index (χ4n) is 5.30. The van der Waals surface area contributed by atoms with Gasteiger partial charge >= 0.3 is 0 Å². The normalized spacial score (nSPS) is 15.6. The lowest BCUT2D eigenvalue weighted by Crippen LogP contribution is -2.42. The first-order valence-electron chi connectivity index (χ1n) is 12.2. The first kappa shape index (κ1) is 22.5. The van der Waals surface area contributed by atoms with Gasteiger partial charge in [-0.2, -0.15) is 0 Å². The Labute approximate surface area is 199 Å². The minimum Gasteiger partial charge on any atom is -0.349 e. The van der Waals surface area contributed by atoms with Crippen LogP contribution in [0, 0.1) is 6.92 Å². The van der Waals surface area contributed by atoms with Crippen molar-refractivity contribution in [2.75, 3.05) is 24.5 Å². The molecule has 1 saturated heterocycles. The number of aromatic nitrogens is 5. The number of piperidine rings is 1. The van der Waals surface area contributed by atoms with Crippen LogP contribution in [0.3, 0.4) is 0 Å². The van der Waals surface area contributed by atoms with Crippen molar-refractivity contribution >= 4 is 27.8 Å². The molecule has 4 aromatic rings. The number of pyridine rings is 1. The highest BCUT2D eigenvalue weighted by Gasteiger charge is 2.26. The number of benzene rings is 1. The quantitative estimate of drug-likeness (QED) is 0.468. The number of likely N-dealkylation sites (tertiary alicyclic amines) is 1. The van der Waals surface area contributed by atoms with E-state index in [2.05, 4.69) is 61.1 Å². The summed E-state index contributed by atoms with van der Waals surface area (Å²) in [6, 6.07) is 9.02. The molecule has 0 bridgehead atoms. The van der Waals surface area contributed by atoms with Gasteiger partial charge in [-0.25, -0.2) is 15.0 Å². The van der Waals surface area contributed by atoms with E-state index in [9.17, 15) is 4.79 Å². The zero-order valence-electron chi connectivity index (χ0n) is 20.5. The fraction of sp³-hybridized carbons (Fsp3) is 0.462. The van der Waals surface area contributed by atoms with Gasteiger partial charge in [-0.1, -0.05) is 18.2 Å². The molecule has 0 saturated carbocycles.